The maximum Gasteiger partial charge on any atom is 0.194 e. The van der Waals surface area contributed by atoms with Crippen LogP contribution < -0.4 is 5.32 Å². The second-order valence-corrected chi connectivity index (χ2v) is 6.20. The molecule has 0 saturated carbocycles. The Morgan fingerprint density at radius 2 is 2.17 bits per heavy atom. The average Bonchev–Trinajstić information content (AvgIpc) is 2.97. The van der Waals surface area contributed by atoms with Gasteiger partial charge in [-0.3, -0.25) is 4.99 Å². The van der Waals surface area contributed by atoms with Crippen LogP contribution in [0.15, 0.2) is 39.8 Å². The molecule has 5 nitrogen and oxygen atoms in total. The smallest absolute Gasteiger partial charge is 0.194 e. The Morgan fingerprint density at radius 1 is 1.39 bits per heavy atom. The van der Waals surface area contributed by atoms with Gasteiger partial charge in [-0.2, -0.15) is 0 Å². The van der Waals surface area contributed by atoms with E-state index in [4.69, 9.17) is 16.1 Å². The summed E-state index contributed by atoms with van der Waals surface area (Å²) in [5, 5.41) is 8.08. The van der Waals surface area contributed by atoms with Crippen molar-refractivity contribution >= 4 is 17.6 Å². The fourth-order valence-electron chi connectivity index (χ4n) is 2.22. The van der Waals surface area contributed by atoms with Gasteiger partial charge in [0.2, 0.25) is 0 Å². The molecule has 0 unspecified atom stereocenters. The first-order valence-corrected chi connectivity index (χ1v) is 7.99. The van der Waals surface area contributed by atoms with Gasteiger partial charge in [0.15, 0.2) is 11.7 Å². The number of halogens is 1. The molecular formula is C17H23ClN4O. The quantitative estimate of drug-likeness (QED) is 0.669. The third-order valence-corrected chi connectivity index (χ3v) is 3.71. The third kappa shape index (κ3) is 4.99. The molecule has 1 heterocycles. The Morgan fingerprint density at radius 3 is 2.78 bits per heavy atom. The lowest BCUT2D eigenvalue weighted by Crippen LogP contribution is -2.37. The molecule has 124 valence electrons. The summed E-state index contributed by atoms with van der Waals surface area (Å²) < 4.78 is 5.33. The summed E-state index contributed by atoms with van der Waals surface area (Å²) in [7, 11) is 3.74. The predicted molar refractivity (Wildman–Crippen MR) is 93.7 cm³/mol. The van der Waals surface area contributed by atoms with Crippen molar-refractivity contribution in [1.82, 2.24) is 15.4 Å². The van der Waals surface area contributed by atoms with Crippen LogP contribution in [-0.2, 0) is 13.1 Å². The number of nitrogens with one attached hydrogen (secondary N) is 1. The second-order valence-electron chi connectivity index (χ2n) is 5.76. The summed E-state index contributed by atoms with van der Waals surface area (Å²) in [6.07, 6.45) is 0. The molecule has 0 spiro atoms. The van der Waals surface area contributed by atoms with E-state index in [0.717, 1.165) is 28.0 Å². The third-order valence-electron chi connectivity index (χ3n) is 3.47. The van der Waals surface area contributed by atoms with Gasteiger partial charge in [0.05, 0.1) is 12.2 Å². The lowest BCUT2D eigenvalue weighted by atomic mass is 10.1. The molecule has 0 bridgehead atoms. The van der Waals surface area contributed by atoms with Gasteiger partial charge in [-0.05, 0) is 23.6 Å². The molecule has 1 aromatic carbocycles. The van der Waals surface area contributed by atoms with Gasteiger partial charge in [0, 0.05) is 31.7 Å². The van der Waals surface area contributed by atoms with E-state index < -0.39 is 0 Å². The molecular weight excluding hydrogens is 312 g/mol. The summed E-state index contributed by atoms with van der Waals surface area (Å²) in [6.45, 7) is 5.44. The molecule has 6 heteroatoms. The van der Waals surface area contributed by atoms with Gasteiger partial charge in [-0.25, -0.2) is 0 Å². The first-order valence-electron chi connectivity index (χ1n) is 7.61. The van der Waals surface area contributed by atoms with Crippen LogP contribution in [-0.4, -0.2) is 30.1 Å². The number of benzene rings is 1. The first-order chi connectivity index (χ1) is 11.0. The molecule has 1 N–H and O–H groups in total. The van der Waals surface area contributed by atoms with E-state index in [1.54, 1.807) is 7.05 Å². The Labute approximate surface area is 142 Å². The highest BCUT2D eigenvalue weighted by atomic mass is 35.5. The zero-order chi connectivity index (χ0) is 16.8. The van der Waals surface area contributed by atoms with Crippen molar-refractivity contribution in [3.63, 3.8) is 0 Å². The van der Waals surface area contributed by atoms with E-state index in [9.17, 15) is 0 Å². The highest BCUT2D eigenvalue weighted by Crippen LogP contribution is 2.14. The zero-order valence-electron chi connectivity index (χ0n) is 14.0. The standard InChI is InChI=1S/C17H23ClN4O/c1-12(2)16-9-15(23-21-16)10-20-17(19-3)22(4)11-13-6-5-7-14(18)8-13/h5-9,12H,10-11H2,1-4H3,(H,19,20). The van der Waals surface area contributed by atoms with Gasteiger partial charge < -0.3 is 14.7 Å². The first kappa shape index (κ1) is 17.3. The van der Waals surface area contributed by atoms with Crippen molar-refractivity contribution in [2.24, 2.45) is 4.99 Å². The van der Waals surface area contributed by atoms with E-state index in [1.807, 2.05) is 42.3 Å². The van der Waals surface area contributed by atoms with Crippen LogP contribution in [0.4, 0.5) is 0 Å². The number of hydrogen-bond acceptors (Lipinski definition) is 3. The summed E-state index contributed by atoms with van der Waals surface area (Å²) in [5.41, 5.74) is 2.09. The van der Waals surface area contributed by atoms with Crippen LogP contribution in [0.2, 0.25) is 5.02 Å². The normalized spacial score (nSPS) is 11.8. The van der Waals surface area contributed by atoms with Crippen LogP contribution >= 0.6 is 11.6 Å². The van der Waals surface area contributed by atoms with Gasteiger partial charge in [0.1, 0.15) is 0 Å². The Balaban J connectivity index is 1.93. The molecule has 0 fully saturated rings. The van der Waals surface area contributed by atoms with Crippen LogP contribution in [0.25, 0.3) is 0 Å². The lowest BCUT2D eigenvalue weighted by molar-refractivity contribution is 0.369. The minimum absolute atomic E-state index is 0.359. The summed E-state index contributed by atoms with van der Waals surface area (Å²) in [4.78, 5) is 6.33. The molecule has 23 heavy (non-hydrogen) atoms. The Bertz CT molecular complexity index is 666. The highest BCUT2D eigenvalue weighted by Gasteiger charge is 2.10. The predicted octanol–water partition coefficient (Wildman–Crippen LogP) is 3.66. The van der Waals surface area contributed by atoms with E-state index >= 15 is 0 Å². The van der Waals surface area contributed by atoms with Gasteiger partial charge >= 0.3 is 0 Å². The van der Waals surface area contributed by atoms with Crippen molar-refractivity contribution in [1.29, 1.82) is 0 Å². The van der Waals surface area contributed by atoms with E-state index in [1.165, 1.54) is 0 Å². The van der Waals surface area contributed by atoms with Gasteiger partial charge in [-0.1, -0.05) is 42.7 Å². The summed E-state index contributed by atoms with van der Waals surface area (Å²) in [5.74, 6) is 1.94. The lowest BCUT2D eigenvalue weighted by Gasteiger charge is -2.21. The minimum Gasteiger partial charge on any atom is -0.359 e. The largest absolute Gasteiger partial charge is 0.359 e. The molecule has 0 radical (unpaired) electrons. The molecule has 2 rings (SSSR count). The Kier molecular flexibility index (Phi) is 6.04. The minimum atomic E-state index is 0.359. The highest BCUT2D eigenvalue weighted by molar-refractivity contribution is 6.30. The number of hydrogen-bond donors (Lipinski definition) is 1. The summed E-state index contributed by atoms with van der Waals surface area (Å²) in [6, 6.07) is 9.79. The molecule has 0 aliphatic rings. The van der Waals surface area contributed by atoms with E-state index in [0.29, 0.717) is 19.0 Å². The molecule has 0 saturated heterocycles. The molecule has 0 atom stereocenters. The average molecular weight is 335 g/mol. The number of aliphatic imine (C=N–C) groups is 1. The fourth-order valence-corrected chi connectivity index (χ4v) is 2.43. The second kappa shape index (κ2) is 8.02. The zero-order valence-corrected chi connectivity index (χ0v) is 14.8. The molecule has 1 aromatic heterocycles. The Hall–Kier alpha value is -2.01. The van der Waals surface area contributed by atoms with Crippen molar-refractivity contribution < 1.29 is 4.52 Å². The van der Waals surface area contributed by atoms with Crippen LogP contribution in [0.5, 0.6) is 0 Å². The number of rotatable bonds is 5. The number of nitrogens with zero attached hydrogens (tertiary/aromatic N) is 3. The van der Waals surface area contributed by atoms with Crippen molar-refractivity contribution in [2.75, 3.05) is 14.1 Å². The molecule has 0 amide bonds. The molecule has 0 aliphatic heterocycles. The SMILES string of the molecule is CN=C(NCc1cc(C(C)C)no1)N(C)Cc1cccc(Cl)c1. The van der Waals surface area contributed by atoms with E-state index in [2.05, 4.69) is 29.3 Å². The monoisotopic (exact) mass is 334 g/mol. The summed E-state index contributed by atoms with van der Waals surface area (Å²) >= 11 is 6.03. The fraction of sp³-hybridized carbons (Fsp3) is 0.412. The van der Waals surface area contributed by atoms with Crippen LogP contribution in [0.1, 0.15) is 36.8 Å². The van der Waals surface area contributed by atoms with Crippen molar-refractivity contribution in [3.8, 4) is 0 Å². The molecule has 0 aliphatic carbocycles. The van der Waals surface area contributed by atoms with Crippen molar-refractivity contribution in [3.05, 3.63) is 52.4 Å². The van der Waals surface area contributed by atoms with Crippen molar-refractivity contribution in [2.45, 2.75) is 32.9 Å². The maximum absolute atomic E-state index is 6.03. The number of guanidine groups is 1. The molecule has 2 aromatic rings. The van der Waals surface area contributed by atoms with E-state index in [-0.39, 0.29) is 0 Å². The topological polar surface area (TPSA) is 53.7 Å². The number of aromatic nitrogens is 1. The van der Waals surface area contributed by atoms with Gasteiger partial charge in [0.25, 0.3) is 0 Å². The van der Waals surface area contributed by atoms with Crippen LogP contribution in [0.3, 0.4) is 0 Å². The maximum atomic E-state index is 6.03. The van der Waals surface area contributed by atoms with Gasteiger partial charge in [-0.15, -0.1) is 0 Å². The van der Waals surface area contributed by atoms with Crippen LogP contribution in [0, 0.1) is 0 Å².